The second-order valence-electron chi connectivity index (χ2n) is 6.92. The second kappa shape index (κ2) is 14.4. The van der Waals surface area contributed by atoms with Crippen LogP contribution in [0.25, 0.3) is 20.9 Å². The van der Waals surface area contributed by atoms with Gasteiger partial charge in [-0.1, -0.05) is 66.6 Å². The lowest BCUT2D eigenvalue weighted by atomic mass is 9.84. The maximum atomic E-state index is 10.9. The number of rotatable bonds is 9. The summed E-state index contributed by atoms with van der Waals surface area (Å²) in [6, 6.07) is 8.09. The van der Waals surface area contributed by atoms with E-state index in [0.29, 0.717) is 19.6 Å². The molecule has 0 saturated heterocycles. The molecule has 3 rings (SSSR count). The number of aliphatic hydroxyl groups excluding tert-OH is 1. The minimum absolute atomic E-state index is 0.115. The quantitative estimate of drug-likeness (QED) is 0.149. The monoisotopic (exact) mass is 446 g/mol. The molecule has 1 N–H and O–H groups in total. The number of aliphatic hydroxyl groups is 1. The highest BCUT2D eigenvalue weighted by Crippen LogP contribution is 2.31. The average Bonchev–Trinajstić information content (AvgIpc) is 2.84. The summed E-state index contributed by atoms with van der Waals surface area (Å²) in [4.78, 5) is 5.68. The molecule has 11 heteroatoms. The molecule has 1 unspecified atom stereocenters. The highest BCUT2D eigenvalue weighted by molar-refractivity contribution is 5.13. The zero-order chi connectivity index (χ0) is 23.2. The zero-order valence-corrected chi connectivity index (χ0v) is 18.3. The molecular formula is C21H30N6O5. The van der Waals surface area contributed by atoms with Gasteiger partial charge in [-0.2, -0.15) is 0 Å². The molecule has 11 nitrogen and oxygen atoms in total. The number of benzene rings is 1. The van der Waals surface area contributed by atoms with Crippen LogP contribution in [-0.4, -0.2) is 55.2 Å². The van der Waals surface area contributed by atoms with Crippen LogP contribution in [0.4, 0.5) is 0 Å². The van der Waals surface area contributed by atoms with E-state index in [0.717, 1.165) is 5.56 Å². The molecule has 2 aliphatic rings. The topological polar surface area (TPSA) is 155 Å². The second-order valence-corrected chi connectivity index (χ2v) is 6.92. The van der Waals surface area contributed by atoms with Crippen LogP contribution in [0.2, 0.25) is 0 Å². The summed E-state index contributed by atoms with van der Waals surface area (Å²) in [5.41, 5.74) is 18.8. The van der Waals surface area contributed by atoms with Crippen LogP contribution in [0.15, 0.2) is 52.7 Å². The molecule has 1 aromatic carbocycles. The predicted molar refractivity (Wildman–Crippen MR) is 117 cm³/mol. The minimum atomic E-state index is -1.21. The fourth-order valence-corrected chi connectivity index (χ4v) is 3.53. The summed E-state index contributed by atoms with van der Waals surface area (Å²) in [6.07, 6.45) is 0.930. The summed E-state index contributed by atoms with van der Waals surface area (Å²) in [5, 5.41) is 18.4. The molecule has 32 heavy (non-hydrogen) atoms. The zero-order valence-electron chi connectivity index (χ0n) is 18.3. The van der Waals surface area contributed by atoms with E-state index in [1.54, 1.807) is 0 Å². The summed E-state index contributed by atoms with van der Waals surface area (Å²) in [7, 11) is 0. The summed E-state index contributed by atoms with van der Waals surface area (Å²) >= 11 is 0. The molecule has 0 aromatic heterocycles. The van der Waals surface area contributed by atoms with Gasteiger partial charge in [-0.25, -0.2) is 0 Å². The molecule has 1 aliphatic heterocycles. The summed E-state index contributed by atoms with van der Waals surface area (Å²) in [5.74, 6) is 0. The van der Waals surface area contributed by atoms with Crippen molar-refractivity contribution in [2.75, 3.05) is 13.4 Å². The van der Waals surface area contributed by atoms with Crippen LogP contribution < -0.4 is 0 Å². The fraction of sp³-hybridized carbons (Fsp3) is 0.619. The maximum Gasteiger partial charge on any atom is 0.161 e. The normalized spacial score (nSPS) is 29.1. The first-order valence-corrected chi connectivity index (χ1v) is 10.6. The van der Waals surface area contributed by atoms with E-state index in [1.807, 2.05) is 56.3 Å². The first-order valence-electron chi connectivity index (χ1n) is 10.6. The average molecular weight is 447 g/mol. The Kier molecular flexibility index (Phi) is 11.6. The molecule has 174 valence electrons. The molecule has 0 radical (unpaired) electrons. The van der Waals surface area contributed by atoms with Gasteiger partial charge in [-0.3, -0.25) is 0 Å². The highest BCUT2D eigenvalue weighted by Gasteiger charge is 2.46. The predicted octanol–water partition coefficient (Wildman–Crippen LogP) is 4.38. The molecular weight excluding hydrogens is 416 g/mol. The molecule has 6 atom stereocenters. The molecule has 1 fully saturated rings. The Labute approximate surface area is 187 Å². The van der Waals surface area contributed by atoms with Crippen LogP contribution >= 0.6 is 0 Å². The smallest absolute Gasteiger partial charge is 0.161 e. The van der Waals surface area contributed by atoms with Gasteiger partial charge >= 0.3 is 0 Å². The number of ether oxygens (including phenoxy) is 4. The molecule has 1 aliphatic carbocycles. The van der Waals surface area contributed by atoms with Crippen molar-refractivity contribution in [3.05, 3.63) is 68.9 Å². The molecule has 0 amide bonds. The SMILES string of the molecule is CC.[N-]=[N+]=N[C@H]1C[C@@H](N=[N+]=[N-])[C@H](OCOCc2ccccc2)[C@@H](O)[C@@H]1OC1CC=CCO1. The highest BCUT2D eigenvalue weighted by atomic mass is 16.7. The number of hydrogen-bond acceptors (Lipinski definition) is 7. The van der Waals surface area contributed by atoms with Crippen LogP contribution in [0.5, 0.6) is 0 Å². The van der Waals surface area contributed by atoms with Crippen molar-refractivity contribution < 1.29 is 24.1 Å². The Morgan fingerprint density at radius 1 is 1.06 bits per heavy atom. The van der Waals surface area contributed by atoms with Crippen molar-refractivity contribution in [2.24, 2.45) is 10.2 Å². The van der Waals surface area contributed by atoms with Crippen molar-refractivity contribution in [1.29, 1.82) is 0 Å². The number of azide groups is 2. The van der Waals surface area contributed by atoms with E-state index < -0.39 is 36.7 Å². The van der Waals surface area contributed by atoms with Crippen molar-refractivity contribution in [3.63, 3.8) is 0 Å². The first-order chi connectivity index (χ1) is 15.7. The molecule has 1 saturated carbocycles. The van der Waals surface area contributed by atoms with Gasteiger partial charge < -0.3 is 24.1 Å². The van der Waals surface area contributed by atoms with Gasteiger partial charge in [-0.15, -0.1) is 0 Å². The summed E-state index contributed by atoms with van der Waals surface area (Å²) in [6.45, 7) is 4.61. The van der Waals surface area contributed by atoms with E-state index in [4.69, 9.17) is 30.0 Å². The van der Waals surface area contributed by atoms with Gasteiger partial charge in [-0.05, 0) is 23.0 Å². The van der Waals surface area contributed by atoms with Crippen molar-refractivity contribution in [1.82, 2.24) is 0 Å². The van der Waals surface area contributed by atoms with E-state index in [1.165, 1.54) is 0 Å². The Hall–Kier alpha value is -2.62. The fourth-order valence-electron chi connectivity index (χ4n) is 3.53. The molecule has 0 spiro atoms. The standard InChI is InChI=1S/C19H24N6O5.C2H6/c20-24-22-14-10-15(23-25-21)19(30-16-8-4-5-9-28-16)17(26)18(14)29-12-27-11-13-6-2-1-3-7-13;1-2/h1-7,14-19,26H,8-12H2;1-2H3/t14-,15+,16?,17-,18+,19-;/m1./s1. The van der Waals surface area contributed by atoms with Crippen LogP contribution in [-0.2, 0) is 25.6 Å². The van der Waals surface area contributed by atoms with Gasteiger partial charge in [0.25, 0.3) is 0 Å². The van der Waals surface area contributed by atoms with Crippen LogP contribution in [0.3, 0.4) is 0 Å². The lowest BCUT2D eigenvalue weighted by Crippen LogP contribution is -2.57. The van der Waals surface area contributed by atoms with Gasteiger partial charge in [0.05, 0.1) is 37.5 Å². The third kappa shape index (κ3) is 7.51. The number of hydrogen-bond donors (Lipinski definition) is 1. The Bertz CT molecular complexity index is 797. The Morgan fingerprint density at radius 2 is 1.75 bits per heavy atom. The Balaban J connectivity index is 0.00000176. The molecule has 0 bridgehead atoms. The van der Waals surface area contributed by atoms with E-state index in [2.05, 4.69) is 20.1 Å². The van der Waals surface area contributed by atoms with Gasteiger partial charge in [0.1, 0.15) is 12.9 Å². The molecule has 1 heterocycles. The van der Waals surface area contributed by atoms with E-state index >= 15 is 0 Å². The third-order valence-electron chi connectivity index (χ3n) is 4.95. The maximum absolute atomic E-state index is 10.9. The van der Waals surface area contributed by atoms with Crippen LogP contribution in [0.1, 0.15) is 32.3 Å². The van der Waals surface area contributed by atoms with Gasteiger partial charge in [0, 0.05) is 16.2 Å². The summed E-state index contributed by atoms with van der Waals surface area (Å²) < 4.78 is 22.7. The van der Waals surface area contributed by atoms with Crippen molar-refractivity contribution in [2.45, 2.75) is 70.0 Å². The molecule has 1 aromatic rings. The first kappa shape index (κ1) is 25.6. The van der Waals surface area contributed by atoms with Crippen molar-refractivity contribution >= 4 is 0 Å². The van der Waals surface area contributed by atoms with Crippen LogP contribution in [0, 0.1) is 0 Å². The lowest BCUT2D eigenvalue weighted by Gasteiger charge is -2.42. The lowest BCUT2D eigenvalue weighted by molar-refractivity contribution is -0.232. The van der Waals surface area contributed by atoms with Crippen molar-refractivity contribution in [3.8, 4) is 0 Å². The Morgan fingerprint density at radius 3 is 2.38 bits per heavy atom. The largest absolute Gasteiger partial charge is 0.388 e. The van der Waals surface area contributed by atoms with E-state index in [9.17, 15) is 5.11 Å². The van der Waals surface area contributed by atoms with Gasteiger partial charge in [0.2, 0.25) is 0 Å². The third-order valence-corrected chi connectivity index (χ3v) is 4.95. The van der Waals surface area contributed by atoms with E-state index in [-0.39, 0.29) is 13.2 Å². The number of nitrogens with zero attached hydrogens (tertiary/aromatic N) is 6. The van der Waals surface area contributed by atoms with Gasteiger partial charge in [0.15, 0.2) is 6.29 Å². The minimum Gasteiger partial charge on any atom is -0.388 e.